The SMILES string of the molecule is COC(C)CCC(=O)N1CCN(c2ccc(N)cn2)CC1. The number of methoxy groups -OCH3 is 1. The van der Waals surface area contributed by atoms with Crippen LogP contribution in [0.3, 0.4) is 0 Å². The van der Waals surface area contributed by atoms with Crippen LogP contribution in [0.5, 0.6) is 0 Å². The van der Waals surface area contributed by atoms with Gasteiger partial charge >= 0.3 is 0 Å². The smallest absolute Gasteiger partial charge is 0.222 e. The van der Waals surface area contributed by atoms with Gasteiger partial charge in [0.1, 0.15) is 5.82 Å². The van der Waals surface area contributed by atoms with E-state index in [9.17, 15) is 4.79 Å². The second kappa shape index (κ2) is 7.26. The van der Waals surface area contributed by atoms with Crippen LogP contribution in [0.25, 0.3) is 0 Å². The van der Waals surface area contributed by atoms with Gasteiger partial charge in [-0.2, -0.15) is 0 Å². The highest BCUT2D eigenvalue weighted by Gasteiger charge is 2.21. The van der Waals surface area contributed by atoms with Gasteiger partial charge in [0.15, 0.2) is 0 Å². The molecule has 1 aromatic heterocycles. The highest BCUT2D eigenvalue weighted by molar-refractivity contribution is 5.76. The van der Waals surface area contributed by atoms with Gasteiger partial charge in [-0.3, -0.25) is 4.79 Å². The Morgan fingerprint density at radius 2 is 2.10 bits per heavy atom. The Hall–Kier alpha value is -1.82. The van der Waals surface area contributed by atoms with Crippen molar-refractivity contribution in [3.63, 3.8) is 0 Å². The van der Waals surface area contributed by atoms with Gasteiger partial charge in [0.05, 0.1) is 18.0 Å². The van der Waals surface area contributed by atoms with E-state index in [1.165, 1.54) is 0 Å². The number of carbonyl (C=O) groups excluding carboxylic acids is 1. The minimum absolute atomic E-state index is 0.134. The number of aromatic nitrogens is 1. The van der Waals surface area contributed by atoms with Crippen LogP contribution in [0.2, 0.25) is 0 Å². The Kier molecular flexibility index (Phi) is 5.38. The zero-order valence-electron chi connectivity index (χ0n) is 12.8. The minimum Gasteiger partial charge on any atom is -0.397 e. The molecular weight excluding hydrogens is 268 g/mol. The molecule has 0 aromatic carbocycles. The van der Waals surface area contributed by atoms with E-state index in [1.54, 1.807) is 13.3 Å². The lowest BCUT2D eigenvalue weighted by molar-refractivity contribution is -0.132. The van der Waals surface area contributed by atoms with Gasteiger partial charge in [0, 0.05) is 39.7 Å². The second-order valence-electron chi connectivity index (χ2n) is 5.40. The monoisotopic (exact) mass is 292 g/mol. The van der Waals surface area contributed by atoms with Crippen LogP contribution in [-0.4, -0.2) is 55.2 Å². The molecular formula is C15H24N4O2. The van der Waals surface area contributed by atoms with Crippen molar-refractivity contribution < 1.29 is 9.53 Å². The molecule has 1 aliphatic rings. The van der Waals surface area contributed by atoms with Gasteiger partial charge in [-0.1, -0.05) is 0 Å². The number of anilines is 2. The van der Waals surface area contributed by atoms with Crippen molar-refractivity contribution in [2.24, 2.45) is 0 Å². The van der Waals surface area contributed by atoms with Gasteiger partial charge in [-0.15, -0.1) is 0 Å². The standard InChI is InChI=1S/C15H24N4O2/c1-12(21-2)3-6-15(20)19-9-7-18(8-10-19)14-5-4-13(16)11-17-14/h4-5,11-12H,3,6-10,16H2,1-2H3. The summed E-state index contributed by atoms with van der Waals surface area (Å²) in [6.07, 6.45) is 3.12. The van der Waals surface area contributed by atoms with Crippen molar-refractivity contribution >= 4 is 17.4 Å². The fourth-order valence-electron chi connectivity index (χ4n) is 2.37. The maximum Gasteiger partial charge on any atom is 0.222 e. The van der Waals surface area contributed by atoms with Crippen LogP contribution < -0.4 is 10.6 Å². The molecule has 1 atom stereocenters. The molecule has 2 heterocycles. The quantitative estimate of drug-likeness (QED) is 0.881. The fourth-order valence-corrected chi connectivity index (χ4v) is 2.37. The summed E-state index contributed by atoms with van der Waals surface area (Å²) in [4.78, 5) is 20.6. The van der Waals surface area contributed by atoms with Gasteiger partial charge in [0.2, 0.25) is 5.91 Å². The van der Waals surface area contributed by atoms with Gasteiger partial charge < -0.3 is 20.3 Å². The van der Waals surface area contributed by atoms with Crippen LogP contribution >= 0.6 is 0 Å². The maximum atomic E-state index is 12.1. The van der Waals surface area contributed by atoms with Crippen molar-refractivity contribution in [1.29, 1.82) is 0 Å². The summed E-state index contributed by atoms with van der Waals surface area (Å²) in [5.41, 5.74) is 6.31. The summed E-state index contributed by atoms with van der Waals surface area (Å²) in [7, 11) is 1.67. The number of nitrogens with zero attached hydrogens (tertiary/aromatic N) is 3. The predicted octanol–water partition coefficient (Wildman–Crippen LogP) is 1.13. The maximum absolute atomic E-state index is 12.1. The van der Waals surface area contributed by atoms with Crippen molar-refractivity contribution in [3.05, 3.63) is 18.3 Å². The zero-order chi connectivity index (χ0) is 15.2. The van der Waals surface area contributed by atoms with Crippen LogP contribution in [0.15, 0.2) is 18.3 Å². The first-order chi connectivity index (χ1) is 10.1. The molecule has 116 valence electrons. The average Bonchev–Trinajstić information content (AvgIpc) is 2.53. The van der Waals surface area contributed by atoms with Crippen LogP contribution in [0.4, 0.5) is 11.5 Å². The largest absolute Gasteiger partial charge is 0.397 e. The normalized spacial score (nSPS) is 16.9. The Balaban J connectivity index is 1.80. The number of nitrogens with two attached hydrogens (primary N) is 1. The van der Waals surface area contributed by atoms with Gasteiger partial charge in [-0.05, 0) is 25.5 Å². The summed E-state index contributed by atoms with van der Waals surface area (Å²) < 4.78 is 5.17. The Labute approximate surface area is 125 Å². The highest BCUT2D eigenvalue weighted by Crippen LogP contribution is 2.15. The Bertz CT molecular complexity index is 455. The van der Waals surface area contributed by atoms with E-state index in [-0.39, 0.29) is 12.0 Å². The number of piperazine rings is 1. The van der Waals surface area contributed by atoms with Gasteiger partial charge in [0.25, 0.3) is 0 Å². The molecule has 0 bridgehead atoms. The average molecular weight is 292 g/mol. The Morgan fingerprint density at radius 1 is 1.38 bits per heavy atom. The first kappa shape index (κ1) is 15.6. The number of carbonyl (C=O) groups is 1. The van der Waals surface area contributed by atoms with Crippen molar-refractivity contribution in [1.82, 2.24) is 9.88 Å². The van der Waals surface area contributed by atoms with E-state index in [0.717, 1.165) is 38.4 Å². The van der Waals surface area contributed by atoms with E-state index < -0.39 is 0 Å². The predicted molar refractivity (Wildman–Crippen MR) is 83.1 cm³/mol. The highest BCUT2D eigenvalue weighted by atomic mass is 16.5. The Morgan fingerprint density at radius 3 is 2.67 bits per heavy atom. The molecule has 0 aliphatic carbocycles. The molecule has 0 spiro atoms. The summed E-state index contributed by atoms with van der Waals surface area (Å²) in [6.45, 7) is 5.08. The molecule has 0 radical (unpaired) electrons. The number of hydrogen-bond acceptors (Lipinski definition) is 5. The molecule has 2 N–H and O–H groups in total. The van der Waals surface area contributed by atoms with E-state index >= 15 is 0 Å². The van der Waals surface area contributed by atoms with Crippen LogP contribution in [0.1, 0.15) is 19.8 Å². The first-order valence-electron chi connectivity index (χ1n) is 7.37. The number of ether oxygens (including phenoxy) is 1. The third-order valence-electron chi connectivity index (χ3n) is 3.89. The number of amides is 1. The van der Waals surface area contributed by atoms with Crippen LogP contribution in [-0.2, 0) is 9.53 Å². The van der Waals surface area contributed by atoms with E-state index in [0.29, 0.717) is 12.1 Å². The van der Waals surface area contributed by atoms with Crippen molar-refractivity contribution in [3.8, 4) is 0 Å². The molecule has 1 aliphatic heterocycles. The molecule has 1 unspecified atom stereocenters. The summed E-state index contributed by atoms with van der Waals surface area (Å²) in [6, 6.07) is 3.78. The topological polar surface area (TPSA) is 71.7 Å². The molecule has 1 fully saturated rings. The summed E-state index contributed by atoms with van der Waals surface area (Å²) >= 11 is 0. The number of rotatable bonds is 5. The molecule has 6 heteroatoms. The number of nitrogen functional groups attached to an aromatic ring is 1. The van der Waals surface area contributed by atoms with E-state index in [2.05, 4.69) is 9.88 Å². The molecule has 21 heavy (non-hydrogen) atoms. The summed E-state index contributed by atoms with van der Waals surface area (Å²) in [5.74, 6) is 1.13. The summed E-state index contributed by atoms with van der Waals surface area (Å²) in [5, 5.41) is 0. The minimum atomic E-state index is 0.134. The molecule has 6 nitrogen and oxygen atoms in total. The molecule has 2 rings (SSSR count). The third kappa shape index (κ3) is 4.32. The van der Waals surface area contributed by atoms with Crippen molar-refractivity contribution in [2.75, 3.05) is 43.9 Å². The zero-order valence-corrected chi connectivity index (χ0v) is 12.8. The molecule has 0 saturated carbocycles. The lowest BCUT2D eigenvalue weighted by atomic mass is 10.2. The molecule has 1 amide bonds. The van der Waals surface area contributed by atoms with Crippen molar-refractivity contribution in [2.45, 2.75) is 25.9 Å². The lowest BCUT2D eigenvalue weighted by Gasteiger charge is -2.35. The lowest BCUT2D eigenvalue weighted by Crippen LogP contribution is -2.49. The fraction of sp³-hybridized carbons (Fsp3) is 0.600. The van der Waals surface area contributed by atoms with E-state index in [1.807, 2.05) is 24.0 Å². The second-order valence-corrected chi connectivity index (χ2v) is 5.40. The molecule has 1 aromatic rings. The third-order valence-corrected chi connectivity index (χ3v) is 3.89. The van der Waals surface area contributed by atoms with Crippen LogP contribution in [0, 0.1) is 0 Å². The first-order valence-corrected chi connectivity index (χ1v) is 7.37. The number of pyridine rings is 1. The van der Waals surface area contributed by atoms with Gasteiger partial charge in [-0.25, -0.2) is 4.98 Å². The molecule has 1 saturated heterocycles. The van der Waals surface area contributed by atoms with E-state index in [4.69, 9.17) is 10.5 Å². The number of hydrogen-bond donors (Lipinski definition) is 1.